The monoisotopic (exact) mass is 523 g/mol. The van der Waals surface area contributed by atoms with Crippen LogP contribution in [0.15, 0.2) is 48.5 Å². The van der Waals surface area contributed by atoms with E-state index in [4.69, 9.17) is 55.9 Å². The molecule has 0 bridgehead atoms. The second-order valence-electron chi connectivity index (χ2n) is 6.98. The van der Waals surface area contributed by atoms with E-state index in [0.717, 1.165) is 10.5 Å². The van der Waals surface area contributed by atoms with Crippen LogP contribution in [0.4, 0.5) is 5.69 Å². The van der Waals surface area contributed by atoms with Crippen LogP contribution in [0.2, 0.25) is 20.1 Å². The molecule has 4 rings (SSSR count). The van der Waals surface area contributed by atoms with Crippen molar-refractivity contribution in [3.8, 4) is 11.5 Å². The van der Waals surface area contributed by atoms with Crippen LogP contribution >= 0.6 is 46.4 Å². The summed E-state index contributed by atoms with van der Waals surface area (Å²) in [5, 5.41) is -0.585. The van der Waals surface area contributed by atoms with Gasteiger partial charge in [-0.15, -0.1) is 0 Å². The second-order valence-corrected chi connectivity index (χ2v) is 8.49. The van der Waals surface area contributed by atoms with Gasteiger partial charge >= 0.3 is 5.97 Å². The lowest BCUT2D eigenvalue weighted by Crippen LogP contribution is -2.29. The van der Waals surface area contributed by atoms with E-state index in [0.29, 0.717) is 5.75 Å². The number of ether oxygens (including phenoxy) is 2. The lowest BCUT2D eigenvalue weighted by atomic mass is 10.1. The standard InChI is InChI=1S/C23H13Cl4NO5/c1-11-5-2-3-8-14(11)32-10-15(29)33-13-7-4-6-12(9-13)28-22(30)16-17(23(28)31)19(25)21(27)20(26)18(16)24/h2-9H,10H2,1H3. The highest BCUT2D eigenvalue weighted by Crippen LogP contribution is 2.45. The number of rotatable bonds is 5. The number of halogens is 4. The number of hydrogen-bond acceptors (Lipinski definition) is 5. The van der Waals surface area contributed by atoms with E-state index in [1.54, 1.807) is 12.1 Å². The van der Waals surface area contributed by atoms with Gasteiger partial charge in [-0.05, 0) is 30.7 Å². The van der Waals surface area contributed by atoms with E-state index in [2.05, 4.69) is 0 Å². The number of hydrogen-bond donors (Lipinski definition) is 0. The van der Waals surface area contributed by atoms with Crippen molar-refractivity contribution in [2.45, 2.75) is 6.92 Å². The summed E-state index contributed by atoms with van der Waals surface area (Å²) in [4.78, 5) is 39.1. The lowest BCUT2D eigenvalue weighted by Gasteiger charge is -2.15. The highest BCUT2D eigenvalue weighted by molar-refractivity contribution is 6.56. The van der Waals surface area contributed by atoms with E-state index in [-0.39, 0.29) is 49.3 Å². The molecule has 0 saturated heterocycles. The largest absolute Gasteiger partial charge is 0.482 e. The molecule has 3 aromatic rings. The van der Waals surface area contributed by atoms with Crippen molar-refractivity contribution in [1.29, 1.82) is 0 Å². The Morgan fingerprint density at radius 2 is 1.45 bits per heavy atom. The van der Waals surface area contributed by atoms with E-state index < -0.39 is 17.8 Å². The van der Waals surface area contributed by atoms with Gasteiger partial charge in [-0.1, -0.05) is 70.7 Å². The smallest absolute Gasteiger partial charge is 0.349 e. The van der Waals surface area contributed by atoms with Crippen LogP contribution in [0.25, 0.3) is 0 Å². The number of imide groups is 1. The molecule has 0 aromatic heterocycles. The summed E-state index contributed by atoms with van der Waals surface area (Å²) in [6, 6.07) is 13.1. The average molecular weight is 525 g/mol. The van der Waals surface area contributed by atoms with Crippen LogP contribution in [-0.4, -0.2) is 24.4 Å². The summed E-state index contributed by atoms with van der Waals surface area (Å²) < 4.78 is 10.8. The Balaban J connectivity index is 1.56. The highest BCUT2D eigenvalue weighted by atomic mass is 35.5. The van der Waals surface area contributed by atoms with Gasteiger partial charge < -0.3 is 9.47 Å². The zero-order valence-electron chi connectivity index (χ0n) is 16.8. The van der Waals surface area contributed by atoms with E-state index in [1.807, 2.05) is 19.1 Å². The van der Waals surface area contributed by atoms with Crippen molar-refractivity contribution < 1.29 is 23.9 Å². The van der Waals surface area contributed by atoms with Crippen LogP contribution in [0, 0.1) is 6.92 Å². The average Bonchev–Trinajstić information content (AvgIpc) is 3.06. The fourth-order valence-electron chi connectivity index (χ4n) is 3.29. The fraction of sp³-hybridized carbons (Fsp3) is 0.0870. The third-order valence-electron chi connectivity index (χ3n) is 4.85. The number of aryl methyl sites for hydroxylation is 1. The number of nitrogens with zero attached hydrogens (tertiary/aromatic N) is 1. The van der Waals surface area contributed by atoms with Gasteiger partial charge in [-0.2, -0.15) is 0 Å². The normalized spacial score (nSPS) is 12.7. The molecule has 0 saturated carbocycles. The van der Waals surface area contributed by atoms with Gasteiger partial charge in [0.15, 0.2) is 6.61 Å². The minimum atomic E-state index is -0.730. The SMILES string of the molecule is Cc1ccccc1OCC(=O)Oc1cccc(N2C(=O)c3c(Cl)c(Cl)c(Cl)c(Cl)c3C2=O)c1. The maximum Gasteiger partial charge on any atom is 0.349 e. The molecule has 3 aromatic carbocycles. The van der Waals surface area contributed by atoms with E-state index >= 15 is 0 Å². The summed E-state index contributed by atoms with van der Waals surface area (Å²) in [5.41, 5.74) is 0.728. The molecule has 1 aliphatic heterocycles. The highest BCUT2D eigenvalue weighted by Gasteiger charge is 2.42. The molecule has 10 heteroatoms. The van der Waals surface area contributed by atoms with Crippen LogP contribution < -0.4 is 14.4 Å². The zero-order chi connectivity index (χ0) is 23.9. The Morgan fingerprint density at radius 3 is 2.06 bits per heavy atom. The summed E-state index contributed by atoms with van der Waals surface area (Å²) in [7, 11) is 0. The van der Waals surface area contributed by atoms with Gasteiger partial charge in [0, 0.05) is 6.07 Å². The number of benzene rings is 3. The van der Waals surface area contributed by atoms with Gasteiger partial charge in [0.1, 0.15) is 11.5 Å². The maximum atomic E-state index is 13.0. The predicted octanol–water partition coefficient (Wildman–Crippen LogP) is 6.39. The molecular weight excluding hydrogens is 512 g/mol. The molecular formula is C23H13Cl4NO5. The Hall–Kier alpha value is -2.77. The lowest BCUT2D eigenvalue weighted by molar-refractivity contribution is -0.136. The van der Waals surface area contributed by atoms with E-state index in [1.165, 1.54) is 24.3 Å². The first-order chi connectivity index (χ1) is 15.7. The Morgan fingerprint density at radius 1 is 0.848 bits per heavy atom. The van der Waals surface area contributed by atoms with Gasteiger partial charge in [0.25, 0.3) is 11.8 Å². The van der Waals surface area contributed by atoms with Crippen LogP contribution in [-0.2, 0) is 4.79 Å². The first-order valence-electron chi connectivity index (χ1n) is 9.44. The Labute approximate surface area is 208 Å². The third kappa shape index (κ3) is 4.27. The minimum Gasteiger partial charge on any atom is -0.482 e. The molecule has 0 spiro atoms. The Kier molecular flexibility index (Phi) is 6.54. The minimum absolute atomic E-state index is 0.107. The van der Waals surface area contributed by atoms with Crippen molar-refractivity contribution in [2.24, 2.45) is 0 Å². The molecule has 0 atom stereocenters. The molecule has 2 amide bonds. The second kappa shape index (κ2) is 9.23. The number of esters is 1. The molecule has 168 valence electrons. The van der Waals surface area contributed by atoms with Gasteiger partial charge in [-0.3, -0.25) is 9.59 Å². The van der Waals surface area contributed by atoms with E-state index in [9.17, 15) is 14.4 Å². The van der Waals surface area contributed by atoms with Crippen molar-refractivity contribution in [1.82, 2.24) is 0 Å². The topological polar surface area (TPSA) is 72.9 Å². The summed E-state index contributed by atoms with van der Waals surface area (Å²) in [6.07, 6.45) is 0. The number of amides is 2. The van der Waals surface area contributed by atoms with Crippen molar-refractivity contribution in [2.75, 3.05) is 11.5 Å². The van der Waals surface area contributed by atoms with Crippen LogP contribution in [0.1, 0.15) is 26.3 Å². The zero-order valence-corrected chi connectivity index (χ0v) is 19.8. The number of carbonyl (C=O) groups excluding carboxylic acids is 3. The molecule has 6 nitrogen and oxygen atoms in total. The molecule has 0 fully saturated rings. The van der Waals surface area contributed by atoms with Crippen molar-refractivity contribution in [3.05, 3.63) is 85.3 Å². The number of carbonyl (C=O) groups is 3. The Bertz CT molecular complexity index is 1280. The first-order valence-corrected chi connectivity index (χ1v) is 11.0. The quantitative estimate of drug-likeness (QED) is 0.127. The molecule has 0 radical (unpaired) electrons. The summed E-state index contributed by atoms with van der Waals surface area (Å²) in [5.74, 6) is -1.46. The maximum absolute atomic E-state index is 13.0. The molecule has 0 unspecified atom stereocenters. The molecule has 0 N–H and O–H groups in total. The first kappa shape index (κ1) is 23.4. The molecule has 0 aliphatic carbocycles. The number of fused-ring (bicyclic) bond motifs is 1. The van der Waals surface area contributed by atoms with Crippen molar-refractivity contribution in [3.63, 3.8) is 0 Å². The summed E-state index contributed by atoms with van der Waals surface area (Å²) >= 11 is 24.4. The molecule has 33 heavy (non-hydrogen) atoms. The predicted molar refractivity (Wildman–Crippen MR) is 126 cm³/mol. The van der Waals surface area contributed by atoms with Crippen molar-refractivity contribution >= 4 is 69.9 Å². The van der Waals surface area contributed by atoms with Crippen LogP contribution in [0.3, 0.4) is 0 Å². The summed E-state index contributed by atoms with van der Waals surface area (Å²) in [6.45, 7) is 1.52. The number of anilines is 1. The number of para-hydroxylation sites is 1. The fourth-order valence-corrected chi connectivity index (χ4v) is 4.30. The van der Waals surface area contributed by atoms with Gasteiger partial charge in [0.2, 0.25) is 0 Å². The molecule has 1 heterocycles. The van der Waals surface area contributed by atoms with Crippen LogP contribution in [0.5, 0.6) is 11.5 Å². The van der Waals surface area contributed by atoms with Gasteiger partial charge in [0.05, 0.1) is 36.9 Å². The third-order valence-corrected chi connectivity index (χ3v) is 6.65. The van der Waals surface area contributed by atoms with Gasteiger partial charge in [-0.25, -0.2) is 9.69 Å². The molecule has 1 aliphatic rings.